The highest BCUT2D eigenvalue weighted by Crippen LogP contribution is 2.42. The van der Waals surface area contributed by atoms with E-state index in [2.05, 4.69) is 32.0 Å². The molecule has 3 rings (SSSR count). The topological polar surface area (TPSA) is 61.8 Å². The highest BCUT2D eigenvalue weighted by Gasteiger charge is 2.31. The number of ether oxygens (including phenoxy) is 3. The zero-order valence-corrected chi connectivity index (χ0v) is 27.6. The summed E-state index contributed by atoms with van der Waals surface area (Å²) in [5.41, 5.74) is 2.39. The van der Waals surface area contributed by atoms with Gasteiger partial charge in [-0.1, -0.05) is 77.3 Å². The lowest BCUT2D eigenvalue weighted by atomic mass is 9.79. The van der Waals surface area contributed by atoms with Gasteiger partial charge in [-0.3, -0.25) is 0 Å². The minimum absolute atomic E-state index is 0.207. The number of rotatable bonds is 19. The van der Waals surface area contributed by atoms with Gasteiger partial charge in [0.2, 0.25) is 0 Å². The summed E-state index contributed by atoms with van der Waals surface area (Å²) in [6, 6.07) is 6.50. The van der Waals surface area contributed by atoms with Gasteiger partial charge in [0.15, 0.2) is 12.3 Å². The molecule has 0 aromatic heterocycles. The van der Waals surface area contributed by atoms with E-state index in [0.29, 0.717) is 11.8 Å². The van der Waals surface area contributed by atoms with Gasteiger partial charge in [0.05, 0.1) is 7.11 Å². The van der Waals surface area contributed by atoms with E-state index in [4.69, 9.17) is 14.2 Å². The van der Waals surface area contributed by atoms with Crippen molar-refractivity contribution in [3.63, 3.8) is 0 Å². The molecule has 2 unspecified atom stereocenters. The molecule has 0 N–H and O–H groups in total. The largest absolute Gasteiger partial charge is 0.496 e. The van der Waals surface area contributed by atoms with Gasteiger partial charge in [0.1, 0.15) is 18.0 Å². The molecule has 0 radical (unpaired) electrons. The Bertz CT molecular complexity index is 969. The summed E-state index contributed by atoms with van der Waals surface area (Å²) in [6.07, 6.45) is 13.7. The Hall–Kier alpha value is -2.18. The smallest absolute Gasteiger partial charge is 0.340 e. The molecule has 5 nitrogen and oxygen atoms in total. The van der Waals surface area contributed by atoms with Crippen molar-refractivity contribution < 1.29 is 32.6 Å². The Morgan fingerprint density at radius 1 is 0.682 bits per heavy atom. The van der Waals surface area contributed by atoms with Crippen LogP contribution in [0.2, 0.25) is 0 Å². The summed E-state index contributed by atoms with van der Waals surface area (Å²) >= 11 is 0. The standard InChI is InChI=1S/C37H58F2O5/c1-4-6-8-10-12-14-33(38)36(40)43-30-21-16-27(17-22-30)29-20-25-32(35(26-29)42-3)28-18-23-31(24-19-28)44-37(41)34(39)15-13-11-9-7-5-2/h20,25-28,30-31,33-34H,4-19,21-24H2,1-3H3. The van der Waals surface area contributed by atoms with E-state index in [0.717, 1.165) is 121 Å². The van der Waals surface area contributed by atoms with Crippen LogP contribution in [0.25, 0.3) is 0 Å². The summed E-state index contributed by atoms with van der Waals surface area (Å²) in [6.45, 7) is 4.29. The van der Waals surface area contributed by atoms with E-state index in [9.17, 15) is 18.4 Å². The maximum atomic E-state index is 14.3. The fourth-order valence-corrected chi connectivity index (χ4v) is 6.89. The van der Waals surface area contributed by atoms with Gasteiger partial charge in [0.25, 0.3) is 0 Å². The second-order valence-electron chi connectivity index (χ2n) is 13.2. The van der Waals surface area contributed by atoms with Gasteiger partial charge in [-0.05, 0) is 106 Å². The highest BCUT2D eigenvalue weighted by molar-refractivity contribution is 5.75. The van der Waals surface area contributed by atoms with Crippen molar-refractivity contribution in [3.05, 3.63) is 29.3 Å². The molecule has 7 heteroatoms. The number of alkyl halides is 2. The molecule has 0 heterocycles. The number of unbranched alkanes of at least 4 members (excludes halogenated alkanes) is 8. The zero-order chi connectivity index (χ0) is 31.7. The predicted octanol–water partition coefficient (Wildman–Crippen LogP) is 10.2. The maximum absolute atomic E-state index is 14.3. The second kappa shape index (κ2) is 20.0. The van der Waals surface area contributed by atoms with Gasteiger partial charge in [0, 0.05) is 0 Å². The third-order valence-corrected chi connectivity index (χ3v) is 9.72. The number of hydrogen-bond donors (Lipinski definition) is 0. The summed E-state index contributed by atoms with van der Waals surface area (Å²) in [5.74, 6) is 0.147. The van der Waals surface area contributed by atoms with Crippen LogP contribution in [0.15, 0.2) is 18.2 Å². The minimum atomic E-state index is -1.52. The molecule has 250 valence electrons. The van der Waals surface area contributed by atoms with Crippen LogP contribution in [0.1, 0.15) is 165 Å². The monoisotopic (exact) mass is 620 g/mol. The van der Waals surface area contributed by atoms with Gasteiger partial charge in [-0.15, -0.1) is 0 Å². The third-order valence-electron chi connectivity index (χ3n) is 9.72. The number of halogens is 2. The lowest BCUT2D eigenvalue weighted by Gasteiger charge is -2.31. The molecule has 2 atom stereocenters. The Kier molecular flexibility index (Phi) is 16.5. The normalized spacial score (nSPS) is 23.5. The van der Waals surface area contributed by atoms with Crippen LogP contribution in [0.4, 0.5) is 8.78 Å². The van der Waals surface area contributed by atoms with Crippen LogP contribution in [0, 0.1) is 0 Å². The quantitative estimate of drug-likeness (QED) is 0.114. The summed E-state index contributed by atoms with van der Waals surface area (Å²) < 4.78 is 45.6. The first kappa shape index (κ1) is 36.3. The van der Waals surface area contributed by atoms with E-state index in [1.807, 2.05) is 0 Å². The first-order chi connectivity index (χ1) is 21.4. The molecular weight excluding hydrogens is 562 g/mol. The van der Waals surface area contributed by atoms with Crippen LogP contribution < -0.4 is 4.74 Å². The molecule has 2 aliphatic carbocycles. The molecule has 0 amide bonds. The van der Waals surface area contributed by atoms with Crippen molar-refractivity contribution in [3.8, 4) is 5.75 Å². The lowest BCUT2D eigenvalue weighted by molar-refractivity contribution is -0.157. The molecule has 2 aliphatic rings. The van der Waals surface area contributed by atoms with Crippen molar-refractivity contribution in [1.82, 2.24) is 0 Å². The van der Waals surface area contributed by atoms with Crippen molar-refractivity contribution in [2.45, 2.75) is 179 Å². The Morgan fingerprint density at radius 2 is 1.14 bits per heavy atom. The molecule has 2 fully saturated rings. The van der Waals surface area contributed by atoms with Crippen LogP contribution in [-0.2, 0) is 19.1 Å². The molecule has 0 saturated heterocycles. The van der Waals surface area contributed by atoms with Crippen LogP contribution in [0.3, 0.4) is 0 Å². The first-order valence-electron chi connectivity index (χ1n) is 17.7. The zero-order valence-electron chi connectivity index (χ0n) is 27.6. The average Bonchev–Trinajstić information content (AvgIpc) is 3.04. The number of esters is 2. The molecule has 1 aromatic rings. The Balaban J connectivity index is 1.41. The molecule has 2 saturated carbocycles. The predicted molar refractivity (Wildman–Crippen MR) is 172 cm³/mol. The van der Waals surface area contributed by atoms with Gasteiger partial charge >= 0.3 is 11.9 Å². The SMILES string of the molecule is CCCCCCCC(F)C(=O)OC1CCC(c2ccc(C3CCC(OC(=O)C(F)CCCCCCC)CC3)c(OC)c2)CC1. The fourth-order valence-electron chi connectivity index (χ4n) is 6.89. The van der Waals surface area contributed by atoms with Crippen LogP contribution in [-0.4, -0.2) is 43.6 Å². The summed E-state index contributed by atoms with van der Waals surface area (Å²) in [7, 11) is 1.70. The number of carbonyl (C=O) groups is 2. The number of methoxy groups -OCH3 is 1. The third kappa shape index (κ3) is 12.0. The molecule has 0 spiro atoms. The van der Waals surface area contributed by atoms with Gasteiger partial charge in [-0.25, -0.2) is 18.4 Å². The summed E-state index contributed by atoms with van der Waals surface area (Å²) in [5, 5.41) is 0. The second-order valence-corrected chi connectivity index (χ2v) is 13.2. The van der Waals surface area contributed by atoms with Crippen LogP contribution in [0.5, 0.6) is 5.75 Å². The maximum Gasteiger partial charge on any atom is 0.340 e. The van der Waals surface area contributed by atoms with E-state index in [1.54, 1.807) is 7.11 Å². The minimum Gasteiger partial charge on any atom is -0.496 e. The molecular formula is C37H58F2O5. The van der Waals surface area contributed by atoms with E-state index in [-0.39, 0.29) is 25.0 Å². The van der Waals surface area contributed by atoms with E-state index in [1.165, 1.54) is 11.1 Å². The Morgan fingerprint density at radius 3 is 1.59 bits per heavy atom. The average molecular weight is 621 g/mol. The molecule has 44 heavy (non-hydrogen) atoms. The van der Waals surface area contributed by atoms with E-state index < -0.39 is 24.3 Å². The molecule has 0 bridgehead atoms. The molecule has 0 aliphatic heterocycles. The van der Waals surface area contributed by atoms with Gasteiger partial charge < -0.3 is 14.2 Å². The van der Waals surface area contributed by atoms with Crippen molar-refractivity contribution in [1.29, 1.82) is 0 Å². The van der Waals surface area contributed by atoms with Crippen molar-refractivity contribution in [2.75, 3.05) is 7.11 Å². The summed E-state index contributed by atoms with van der Waals surface area (Å²) in [4.78, 5) is 24.6. The number of benzene rings is 1. The lowest BCUT2D eigenvalue weighted by Crippen LogP contribution is -2.28. The number of carbonyl (C=O) groups excluding carboxylic acids is 2. The van der Waals surface area contributed by atoms with Crippen LogP contribution >= 0.6 is 0 Å². The molecule has 1 aromatic carbocycles. The number of hydrogen-bond acceptors (Lipinski definition) is 5. The van der Waals surface area contributed by atoms with Crippen molar-refractivity contribution in [2.24, 2.45) is 0 Å². The fraction of sp³-hybridized carbons (Fsp3) is 0.784. The van der Waals surface area contributed by atoms with E-state index >= 15 is 0 Å². The van der Waals surface area contributed by atoms with Crippen molar-refractivity contribution >= 4 is 11.9 Å². The Labute approximate surface area is 265 Å². The highest BCUT2D eigenvalue weighted by atomic mass is 19.1. The first-order valence-corrected chi connectivity index (χ1v) is 17.7. The van der Waals surface area contributed by atoms with Gasteiger partial charge in [-0.2, -0.15) is 0 Å².